The van der Waals surface area contributed by atoms with E-state index in [9.17, 15) is 24.6 Å². The number of carboxylic acid groups (broad SMARTS) is 2. The molecule has 1 aromatic carbocycles. The molecule has 3 amide bonds. The average Bonchev–Trinajstić information content (AvgIpc) is 2.67. The number of imide groups is 1. The van der Waals surface area contributed by atoms with Crippen LogP contribution in [0.15, 0.2) is 30.3 Å². The molecule has 0 spiro atoms. The van der Waals surface area contributed by atoms with Crippen molar-refractivity contribution in [2.24, 2.45) is 0 Å². The summed E-state index contributed by atoms with van der Waals surface area (Å²) in [5, 5.41) is 23.3. The highest BCUT2D eigenvalue weighted by molar-refractivity contribution is 5.90. The zero-order valence-electron chi connectivity index (χ0n) is 10.8. The lowest BCUT2D eigenvalue weighted by Gasteiger charge is -2.39. The molecule has 2 rings (SSSR count). The van der Waals surface area contributed by atoms with Gasteiger partial charge in [-0.1, -0.05) is 30.3 Å². The molecule has 7 nitrogen and oxygen atoms in total. The number of carbonyl (C=O) groups is 3. The number of carbonyl (C=O) groups excluding carboxylic acids is 2. The van der Waals surface area contributed by atoms with Crippen molar-refractivity contribution in [3.8, 4) is 0 Å². The highest BCUT2D eigenvalue weighted by Crippen LogP contribution is 2.33. The van der Waals surface area contributed by atoms with Crippen LogP contribution in [-0.4, -0.2) is 39.8 Å². The largest absolute Gasteiger partial charge is 0.498 e. The zero-order chi connectivity index (χ0) is 15.0. The molecule has 2 N–H and O–H groups in total. The molecular formula is C13H14N2O5. The normalized spacial score (nSPS) is 28.9. The molecule has 2 atom stereocenters. The zero-order valence-corrected chi connectivity index (χ0v) is 10.8. The number of rotatable bonds is 3. The Morgan fingerprint density at radius 2 is 2.00 bits per heavy atom. The Balaban J connectivity index is 2.55. The second-order valence-corrected chi connectivity index (χ2v) is 4.96. The van der Waals surface area contributed by atoms with Crippen molar-refractivity contribution in [2.45, 2.75) is 19.0 Å². The summed E-state index contributed by atoms with van der Waals surface area (Å²) in [4.78, 5) is 35.1. The van der Waals surface area contributed by atoms with E-state index in [1.807, 2.05) is 0 Å². The molecule has 1 aliphatic rings. The van der Waals surface area contributed by atoms with Gasteiger partial charge in [0.15, 0.2) is 0 Å². The van der Waals surface area contributed by atoms with E-state index >= 15 is 0 Å². The summed E-state index contributed by atoms with van der Waals surface area (Å²) in [6.45, 7) is 0.686. The van der Waals surface area contributed by atoms with Gasteiger partial charge in [0.1, 0.15) is 6.54 Å². The summed E-state index contributed by atoms with van der Waals surface area (Å²) in [6, 6.07) is 7.51. The van der Waals surface area contributed by atoms with Crippen LogP contribution in [0.1, 0.15) is 12.5 Å². The monoisotopic (exact) mass is 278 g/mol. The lowest BCUT2D eigenvalue weighted by atomic mass is 9.98. The standard InChI is InChI=1S/C13H14N2O5/c1-13(10(16)17)8-14-11(18)15(13,12(19)20)7-9-5-3-2-4-6-9/h2-6H,7-8H2,1H3,(H2-,14,16,17,18,19,20)/t13-,15?/m1/s1. The minimum Gasteiger partial charge on any atom is -0.498 e. The van der Waals surface area contributed by atoms with Crippen LogP contribution in [0.2, 0.25) is 0 Å². The summed E-state index contributed by atoms with van der Waals surface area (Å²) in [5.41, 5.74) is -1.27. The minimum absolute atomic E-state index is 0.262. The number of amides is 3. The molecule has 0 radical (unpaired) electrons. The number of urea groups is 1. The predicted molar refractivity (Wildman–Crippen MR) is 65.2 cm³/mol. The first-order chi connectivity index (χ1) is 9.34. The lowest BCUT2D eigenvalue weighted by Crippen LogP contribution is -2.71. The first kappa shape index (κ1) is 14.0. The summed E-state index contributed by atoms with van der Waals surface area (Å²) in [7, 11) is 0. The molecule has 0 bridgehead atoms. The van der Waals surface area contributed by atoms with Gasteiger partial charge in [0.05, 0.1) is 6.54 Å². The van der Waals surface area contributed by atoms with Crippen molar-refractivity contribution in [3.05, 3.63) is 35.9 Å². The smallest absolute Gasteiger partial charge is 0.424 e. The Morgan fingerprint density at radius 3 is 2.50 bits per heavy atom. The van der Waals surface area contributed by atoms with Gasteiger partial charge in [-0.3, -0.25) is 5.32 Å². The Morgan fingerprint density at radius 1 is 1.40 bits per heavy atom. The fourth-order valence-electron chi connectivity index (χ4n) is 2.43. The topological polar surface area (TPSA) is 107 Å². The Bertz CT molecular complexity index is 573. The summed E-state index contributed by atoms with van der Waals surface area (Å²) >= 11 is 0. The van der Waals surface area contributed by atoms with Gasteiger partial charge in [-0.25, -0.2) is 9.59 Å². The van der Waals surface area contributed by atoms with Crippen LogP contribution in [0.3, 0.4) is 0 Å². The van der Waals surface area contributed by atoms with Crippen LogP contribution >= 0.6 is 0 Å². The van der Waals surface area contributed by atoms with Gasteiger partial charge in [0.25, 0.3) is 6.09 Å². The molecule has 1 aromatic rings. The number of carboxylic acids is 1. The number of hydrogen-bond acceptors (Lipinski definition) is 4. The fourth-order valence-corrected chi connectivity index (χ4v) is 2.43. The maximum absolute atomic E-state index is 12.0. The van der Waals surface area contributed by atoms with Gasteiger partial charge in [0.2, 0.25) is 5.54 Å². The van der Waals surface area contributed by atoms with Crippen LogP contribution in [0.5, 0.6) is 0 Å². The first-order valence-electron chi connectivity index (χ1n) is 6.00. The number of quaternary nitrogens is 1. The van der Waals surface area contributed by atoms with Gasteiger partial charge >= 0.3 is 12.0 Å². The van der Waals surface area contributed by atoms with E-state index in [2.05, 4.69) is 5.32 Å². The van der Waals surface area contributed by atoms with Crippen molar-refractivity contribution >= 4 is 18.1 Å². The fraction of sp³-hybridized carbons (Fsp3) is 0.308. The molecule has 0 aliphatic carbocycles. The van der Waals surface area contributed by atoms with Crippen molar-refractivity contribution in [1.82, 2.24) is 5.32 Å². The van der Waals surface area contributed by atoms with E-state index in [-0.39, 0.29) is 13.1 Å². The molecule has 0 saturated carbocycles. The highest BCUT2D eigenvalue weighted by atomic mass is 16.4. The second kappa shape index (κ2) is 4.61. The number of hydrogen-bond donors (Lipinski definition) is 2. The summed E-state index contributed by atoms with van der Waals surface area (Å²) < 4.78 is -1.30. The molecule has 0 aromatic heterocycles. The molecule has 7 heteroatoms. The van der Waals surface area contributed by atoms with E-state index in [0.29, 0.717) is 5.56 Å². The first-order valence-corrected chi connectivity index (χ1v) is 6.00. The molecule has 1 unspecified atom stereocenters. The molecule has 20 heavy (non-hydrogen) atoms. The third-order valence-electron chi connectivity index (χ3n) is 3.81. The average molecular weight is 278 g/mol. The maximum Gasteiger partial charge on any atom is 0.424 e. The van der Waals surface area contributed by atoms with Crippen LogP contribution in [0, 0.1) is 0 Å². The highest BCUT2D eigenvalue weighted by Gasteiger charge is 2.65. The minimum atomic E-state index is -1.81. The van der Waals surface area contributed by atoms with E-state index in [0.717, 1.165) is 0 Å². The van der Waals surface area contributed by atoms with E-state index < -0.39 is 28.1 Å². The van der Waals surface area contributed by atoms with Gasteiger partial charge in [-0.2, -0.15) is 4.48 Å². The van der Waals surface area contributed by atoms with Gasteiger partial charge in [-0.05, 0) is 0 Å². The van der Waals surface area contributed by atoms with E-state index in [1.54, 1.807) is 30.3 Å². The van der Waals surface area contributed by atoms with Crippen molar-refractivity contribution in [1.29, 1.82) is 0 Å². The van der Waals surface area contributed by atoms with Crippen LogP contribution in [0.4, 0.5) is 9.59 Å². The second-order valence-electron chi connectivity index (χ2n) is 4.96. The quantitative estimate of drug-likeness (QED) is 0.752. The van der Waals surface area contributed by atoms with Crippen molar-refractivity contribution in [2.75, 3.05) is 6.54 Å². The molecular weight excluding hydrogens is 264 g/mol. The number of nitrogens with zero attached hydrogens (tertiary/aromatic N) is 1. The third-order valence-corrected chi connectivity index (χ3v) is 3.81. The van der Waals surface area contributed by atoms with Gasteiger partial charge < -0.3 is 15.0 Å². The number of benzene rings is 1. The molecule has 1 aliphatic heterocycles. The Labute approximate surface area is 115 Å². The number of nitrogens with one attached hydrogen (secondary N) is 1. The van der Waals surface area contributed by atoms with Gasteiger partial charge in [0, 0.05) is 12.5 Å². The molecule has 1 saturated heterocycles. The lowest BCUT2D eigenvalue weighted by molar-refractivity contribution is -0.843. The predicted octanol–water partition coefficient (Wildman–Crippen LogP) is -0.0868. The van der Waals surface area contributed by atoms with Crippen LogP contribution in [-0.2, 0) is 11.3 Å². The van der Waals surface area contributed by atoms with E-state index in [4.69, 9.17) is 0 Å². The maximum atomic E-state index is 12.0. The van der Waals surface area contributed by atoms with Gasteiger partial charge in [-0.15, -0.1) is 0 Å². The van der Waals surface area contributed by atoms with Crippen molar-refractivity contribution in [3.63, 3.8) is 0 Å². The molecule has 106 valence electrons. The SMILES string of the molecule is C[C@]1(C(=O)O)CNC(=O)[N+]1(Cc1ccccc1)C(=O)[O-]. The number of aliphatic carboxylic acids is 1. The van der Waals surface area contributed by atoms with Crippen LogP contribution < -0.4 is 10.4 Å². The van der Waals surface area contributed by atoms with Crippen molar-refractivity contribution < 1.29 is 29.1 Å². The van der Waals surface area contributed by atoms with Crippen LogP contribution in [0.25, 0.3) is 0 Å². The molecule has 1 fully saturated rings. The Hall–Kier alpha value is -2.41. The third kappa shape index (κ3) is 1.75. The summed E-state index contributed by atoms with van der Waals surface area (Å²) in [5.74, 6) is -1.36. The molecule has 1 heterocycles. The summed E-state index contributed by atoms with van der Waals surface area (Å²) in [6.07, 6.45) is -1.73. The Kier molecular flexibility index (Phi) is 3.23. The van der Waals surface area contributed by atoms with E-state index in [1.165, 1.54) is 6.92 Å².